The van der Waals surface area contributed by atoms with Crippen LogP contribution in [0.5, 0.6) is 5.75 Å². The van der Waals surface area contributed by atoms with Crippen LogP contribution < -0.4 is 4.74 Å². The van der Waals surface area contributed by atoms with Crippen molar-refractivity contribution >= 4 is 0 Å². The van der Waals surface area contributed by atoms with Gasteiger partial charge < -0.3 is 9.47 Å². The lowest BCUT2D eigenvalue weighted by Gasteiger charge is -2.33. The van der Waals surface area contributed by atoms with Gasteiger partial charge in [0.2, 0.25) is 0 Å². The minimum Gasteiger partial charge on any atom is -0.497 e. The van der Waals surface area contributed by atoms with Crippen molar-refractivity contribution in [1.29, 1.82) is 0 Å². The molecule has 3 rings (SSSR count). The van der Waals surface area contributed by atoms with Crippen LogP contribution in [0.25, 0.3) is 0 Å². The number of aromatic nitrogens is 2. The summed E-state index contributed by atoms with van der Waals surface area (Å²) in [5.41, 5.74) is 3.63. The average molecular weight is 341 g/mol. The predicted molar refractivity (Wildman–Crippen MR) is 98.9 cm³/mol. The molecule has 1 atom stereocenters. The molecule has 1 aliphatic rings. The van der Waals surface area contributed by atoms with E-state index in [0.29, 0.717) is 0 Å². The van der Waals surface area contributed by atoms with Crippen LogP contribution in [0.2, 0.25) is 0 Å². The maximum Gasteiger partial charge on any atom is 0.119 e. The van der Waals surface area contributed by atoms with Crippen molar-refractivity contribution in [1.82, 2.24) is 14.7 Å². The Morgan fingerprint density at radius 3 is 3.12 bits per heavy atom. The third-order valence-electron chi connectivity index (χ3n) is 4.58. The van der Waals surface area contributed by atoms with E-state index >= 15 is 0 Å². The largest absolute Gasteiger partial charge is 0.497 e. The van der Waals surface area contributed by atoms with Crippen molar-refractivity contribution in [2.75, 3.05) is 26.8 Å². The summed E-state index contributed by atoms with van der Waals surface area (Å²) in [7, 11) is 1.70. The number of benzene rings is 1. The zero-order valence-corrected chi connectivity index (χ0v) is 15.1. The molecule has 1 saturated heterocycles. The topological polar surface area (TPSA) is 39.5 Å². The molecule has 0 saturated carbocycles. The van der Waals surface area contributed by atoms with E-state index in [9.17, 15) is 0 Å². The number of nitrogens with zero attached hydrogens (tertiary/aromatic N) is 3. The molecule has 0 bridgehead atoms. The highest BCUT2D eigenvalue weighted by Crippen LogP contribution is 2.18. The van der Waals surface area contributed by atoms with Crippen LogP contribution in [-0.2, 0) is 24.2 Å². The molecule has 1 aliphatic heterocycles. The molecule has 0 N–H and O–H groups in total. The lowest BCUT2D eigenvalue weighted by atomic mass is 10.1. The van der Waals surface area contributed by atoms with Crippen molar-refractivity contribution in [3.05, 3.63) is 59.9 Å². The lowest BCUT2D eigenvalue weighted by Crippen LogP contribution is -2.42. The van der Waals surface area contributed by atoms with E-state index in [0.717, 1.165) is 50.7 Å². The second kappa shape index (κ2) is 8.32. The van der Waals surface area contributed by atoms with Gasteiger partial charge in [-0.1, -0.05) is 18.2 Å². The van der Waals surface area contributed by atoms with Crippen LogP contribution in [0.15, 0.2) is 43.1 Å². The highest BCUT2D eigenvalue weighted by Gasteiger charge is 2.22. The first-order valence-corrected chi connectivity index (χ1v) is 8.78. The normalized spacial score (nSPS) is 18.2. The fraction of sp³-hybridized carbons (Fsp3) is 0.450. The Kier molecular flexibility index (Phi) is 5.89. The van der Waals surface area contributed by atoms with Crippen LogP contribution in [0.4, 0.5) is 0 Å². The van der Waals surface area contributed by atoms with E-state index in [-0.39, 0.29) is 6.10 Å². The third kappa shape index (κ3) is 4.71. The maximum atomic E-state index is 5.98. The van der Waals surface area contributed by atoms with Crippen molar-refractivity contribution in [2.24, 2.45) is 0 Å². The molecule has 5 heteroatoms. The number of aryl methyl sites for hydroxylation is 1. The Morgan fingerprint density at radius 1 is 1.44 bits per heavy atom. The molecule has 2 heterocycles. The van der Waals surface area contributed by atoms with Crippen LogP contribution in [0.1, 0.15) is 16.8 Å². The zero-order chi connectivity index (χ0) is 17.6. The quantitative estimate of drug-likeness (QED) is 0.726. The Labute approximate surface area is 149 Å². The van der Waals surface area contributed by atoms with Crippen LogP contribution in [-0.4, -0.2) is 47.6 Å². The number of ether oxygens (including phenoxy) is 2. The summed E-state index contributed by atoms with van der Waals surface area (Å²) >= 11 is 0. The molecule has 0 radical (unpaired) electrons. The van der Waals surface area contributed by atoms with E-state index < -0.39 is 0 Å². The van der Waals surface area contributed by atoms with Crippen molar-refractivity contribution in [2.45, 2.75) is 32.5 Å². The van der Waals surface area contributed by atoms with Gasteiger partial charge in [-0.2, -0.15) is 5.10 Å². The smallest absolute Gasteiger partial charge is 0.119 e. The Morgan fingerprint density at radius 2 is 2.32 bits per heavy atom. The van der Waals surface area contributed by atoms with Crippen molar-refractivity contribution in [3.63, 3.8) is 0 Å². The molecule has 1 aromatic heterocycles. The molecule has 0 aliphatic carbocycles. The molecule has 2 aromatic rings. The number of methoxy groups -OCH3 is 1. The molecule has 0 amide bonds. The van der Waals surface area contributed by atoms with Gasteiger partial charge in [0, 0.05) is 37.8 Å². The second-order valence-electron chi connectivity index (χ2n) is 6.53. The highest BCUT2D eigenvalue weighted by atomic mass is 16.5. The lowest BCUT2D eigenvalue weighted by molar-refractivity contribution is -0.0305. The Hall–Kier alpha value is -2.11. The fourth-order valence-corrected chi connectivity index (χ4v) is 3.29. The van der Waals surface area contributed by atoms with Crippen molar-refractivity contribution < 1.29 is 9.47 Å². The molecular weight excluding hydrogens is 314 g/mol. The first-order valence-electron chi connectivity index (χ1n) is 8.78. The number of allylic oxidation sites excluding steroid dienone is 1. The predicted octanol–water partition coefficient (Wildman–Crippen LogP) is 2.83. The van der Waals surface area contributed by atoms with Gasteiger partial charge in [-0.15, -0.1) is 6.58 Å². The monoisotopic (exact) mass is 341 g/mol. The second-order valence-corrected chi connectivity index (χ2v) is 6.53. The minimum atomic E-state index is 0.212. The highest BCUT2D eigenvalue weighted by molar-refractivity contribution is 5.29. The molecule has 134 valence electrons. The van der Waals surface area contributed by atoms with Gasteiger partial charge >= 0.3 is 0 Å². The standard InChI is InChI=1S/C20H27N3O2/c1-4-8-23-14-18(16(2)21-23)13-22-9-10-25-20(15-22)12-17-6-5-7-19(11-17)24-3/h4-7,11,14,20H,1,8-10,12-13,15H2,2-3H3. The maximum absolute atomic E-state index is 5.98. The van der Waals surface area contributed by atoms with Crippen LogP contribution >= 0.6 is 0 Å². The molecule has 1 unspecified atom stereocenters. The number of morpholine rings is 1. The molecule has 0 spiro atoms. The van der Waals surface area contributed by atoms with E-state index in [1.807, 2.05) is 22.9 Å². The summed E-state index contributed by atoms with van der Waals surface area (Å²) in [4.78, 5) is 2.45. The summed E-state index contributed by atoms with van der Waals surface area (Å²) in [6, 6.07) is 8.23. The van der Waals surface area contributed by atoms with Crippen LogP contribution in [0.3, 0.4) is 0 Å². The Balaban J connectivity index is 1.60. The molecule has 1 fully saturated rings. The summed E-state index contributed by atoms with van der Waals surface area (Å²) in [5, 5.41) is 4.55. The number of hydrogen-bond donors (Lipinski definition) is 0. The van der Waals surface area contributed by atoms with E-state index in [4.69, 9.17) is 9.47 Å². The summed E-state index contributed by atoms with van der Waals surface area (Å²) < 4.78 is 13.2. The van der Waals surface area contributed by atoms with Crippen LogP contribution in [0, 0.1) is 6.92 Å². The summed E-state index contributed by atoms with van der Waals surface area (Å²) in [6.07, 6.45) is 5.12. The Bertz CT molecular complexity index is 711. The minimum absolute atomic E-state index is 0.212. The van der Waals surface area contributed by atoms with Gasteiger partial charge in [-0.05, 0) is 24.6 Å². The van der Waals surface area contributed by atoms with E-state index in [2.05, 4.69) is 41.8 Å². The average Bonchev–Trinajstić information content (AvgIpc) is 2.95. The SMILES string of the molecule is C=CCn1cc(CN2CCOC(Cc3cccc(OC)c3)C2)c(C)n1. The molecule has 1 aromatic carbocycles. The van der Waals surface area contributed by atoms with Gasteiger partial charge in [0.1, 0.15) is 5.75 Å². The first-order chi connectivity index (χ1) is 12.2. The van der Waals surface area contributed by atoms with Gasteiger partial charge in [0.15, 0.2) is 0 Å². The molecule has 5 nitrogen and oxygen atoms in total. The van der Waals surface area contributed by atoms with Gasteiger partial charge in [-0.25, -0.2) is 0 Å². The molecular formula is C20H27N3O2. The van der Waals surface area contributed by atoms with Crippen molar-refractivity contribution in [3.8, 4) is 5.75 Å². The van der Waals surface area contributed by atoms with Gasteiger partial charge in [0.25, 0.3) is 0 Å². The van der Waals surface area contributed by atoms with E-state index in [1.165, 1.54) is 11.1 Å². The summed E-state index contributed by atoms with van der Waals surface area (Å²) in [5.74, 6) is 0.899. The number of rotatable bonds is 7. The fourth-order valence-electron chi connectivity index (χ4n) is 3.29. The number of hydrogen-bond acceptors (Lipinski definition) is 4. The first kappa shape index (κ1) is 17.7. The molecule has 25 heavy (non-hydrogen) atoms. The summed E-state index contributed by atoms with van der Waals surface area (Å²) in [6.45, 7) is 10.2. The van der Waals surface area contributed by atoms with E-state index in [1.54, 1.807) is 7.11 Å². The zero-order valence-electron chi connectivity index (χ0n) is 15.1. The third-order valence-corrected chi connectivity index (χ3v) is 4.58. The van der Waals surface area contributed by atoms with Gasteiger partial charge in [0.05, 0.1) is 32.1 Å². The van der Waals surface area contributed by atoms with Gasteiger partial charge in [-0.3, -0.25) is 9.58 Å².